The summed E-state index contributed by atoms with van der Waals surface area (Å²) in [5.74, 6) is 0. The van der Waals surface area contributed by atoms with Gasteiger partial charge in [0, 0.05) is 6.54 Å². The van der Waals surface area contributed by atoms with Gasteiger partial charge in [0.2, 0.25) is 0 Å². The van der Waals surface area contributed by atoms with Gasteiger partial charge in [-0.15, -0.1) is 6.58 Å². The summed E-state index contributed by atoms with van der Waals surface area (Å²) in [7, 11) is 0. The highest BCUT2D eigenvalue weighted by Crippen LogP contribution is 2.26. The average molecular weight is 303 g/mol. The fraction of sp³-hybridized carbons (Fsp3) is 0.273. The second kappa shape index (κ2) is 7.94. The number of hydrogen-bond donors (Lipinski definition) is 1. The summed E-state index contributed by atoms with van der Waals surface area (Å²) < 4.78 is 0. The van der Waals surface area contributed by atoms with Crippen LogP contribution in [-0.4, -0.2) is 6.54 Å². The first-order chi connectivity index (χ1) is 11.4. The van der Waals surface area contributed by atoms with E-state index in [2.05, 4.69) is 66.5 Å². The lowest BCUT2D eigenvalue weighted by atomic mass is 10.00. The molecule has 0 amide bonds. The topological polar surface area (TPSA) is 12.0 Å². The first-order valence-corrected chi connectivity index (χ1v) is 8.60. The van der Waals surface area contributed by atoms with Crippen LogP contribution in [0.5, 0.6) is 0 Å². The highest BCUT2D eigenvalue weighted by Gasteiger charge is 2.01. The average Bonchev–Trinajstić information content (AvgIpc) is 2.61. The van der Waals surface area contributed by atoms with Crippen LogP contribution in [0.3, 0.4) is 0 Å². The van der Waals surface area contributed by atoms with Crippen LogP contribution in [0.2, 0.25) is 0 Å². The first kappa shape index (κ1) is 15.8. The molecule has 1 nitrogen and oxygen atoms in total. The predicted octanol–water partition coefficient (Wildman–Crippen LogP) is 5.83. The summed E-state index contributed by atoms with van der Waals surface area (Å²) in [5, 5.41) is 8.89. The molecule has 0 unspecified atom stereocenters. The van der Waals surface area contributed by atoms with Crippen LogP contribution < -0.4 is 5.32 Å². The molecule has 3 aromatic rings. The fourth-order valence-corrected chi connectivity index (χ4v) is 3.11. The zero-order valence-electron chi connectivity index (χ0n) is 13.7. The summed E-state index contributed by atoms with van der Waals surface area (Å²) in [5.41, 5.74) is 1.36. The zero-order chi connectivity index (χ0) is 15.9. The van der Waals surface area contributed by atoms with Crippen LogP contribution >= 0.6 is 0 Å². The fourth-order valence-electron chi connectivity index (χ4n) is 3.11. The van der Waals surface area contributed by atoms with E-state index in [1.54, 1.807) is 0 Å². The lowest BCUT2D eigenvalue weighted by molar-refractivity contribution is 0.606. The molecule has 1 N–H and O–H groups in total. The molecule has 0 aliphatic carbocycles. The molecule has 0 aromatic heterocycles. The van der Waals surface area contributed by atoms with E-state index in [0.29, 0.717) is 0 Å². The Labute approximate surface area is 139 Å². The molecule has 3 rings (SSSR count). The van der Waals surface area contributed by atoms with E-state index < -0.39 is 0 Å². The van der Waals surface area contributed by atoms with E-state index in [0.717, 1.165) is 19.5 Å². The van der Waals surface area contributed by atoms with Crippen LogP contribution in [0.4, 0.5) is 0 Å². The minimum absolute atomic E-state index is 0.945. The second-order valence-electron chi connectivity index (χ2n) is 6.16. The molecule has 0 saturated heterocycles. The van der Waals surface area contributed by atoms with Crippen molar-refractivity contribution in [1.82, 2.24) is 5.32 Å². The molecule has 0 aliphatic heterocycles. The number of allylic oxidation sites excluding steroid dienone is 1. The Morgan fingerprint density at radius 1 is 0.826 bits per heavy atom. The molecular formula is C22H25N. The Morgan fingerprint density at radius 2 is 1.61 bits per heavy atom. The zero-order valence-corrected chi connectivity index (χ0v) is 13.7. The Hall–Kier alpha value is -2.12. The van der Waals surface area contributed by atoms with Crippen LogP contribution in [0.15, 0.2) is 67.3 Å². The van der Waals surface area contributed by atoms with Crippen LogP contribution in [0.25, 0.3) is 21.5 Å². The van der Waals surface area contributed by atoms with Crippen molar-refractivity contribution in [3.8, 4) is 0 Å². The van der Waals surface area contributed by atoms with Gasteiger partial charge < -0.3 is 5.32 Å². The van der Waals surface area contributed by atoms with E-state index in [4.69, 9.17) is 0 Å². The Morgan fingerprint density at radius 3 is 2.48 bits per heavy atom. The lowest BCUT2D eigenvalue weighted by Crippen LogP contribution is -2.14. The number of rotatable bonds is 8. The van der Waals surface area contributed by atoms with Gasteiger partial charge in [0.25, 0.3) is 0 Å². The van der Waals surface area contributed by atoms with Gasteiger partial charge in [-0.25, -0.2) is 0 Å². The van der Waals surface area contributed by atoms with Gasteiger partial charge in [0.15, 0.2) is 0 Å². The van der Waals surface area contributed by atoms with Crippen LogP contribution in [-0.2, 0) is 6.54 Å². The van der Waals surface area contributed by atoms with Crippen molar-refractivity contribution in [2.75, 3.05) is 6.54 Å². The highest BCUT2D eigenvalue weighted by molar-refractivity contribution is 6.07. The molecule has 0 saturated carbocycles. The van der Waals surface area contributed by atoms with Crippen molar-refractivity contribution in [1.29, 1.82) is 0 Å². The molecule has 23 heavy (non-hydrogen) atoms. The number of hydrogen-bond acceptors (Lipinski definition) is 1. The molecule has 0 spiro atoms. The van der Waals surface area contributed by atoms with Crippen LogP contribution in [0.1, 0.15) is 31.2 Å². The van der Waals surface area contributed by atoms with Crippen molar-refractivity contribution < 1.29 is 0 Å². The quantitative estimate of drug-likeness (QED) is 0.314. The Balaban J connectivity index is 1.65. The third-order valence-electron chi connectivity index (χ3n) is 4.40. The molecule has 0 fully saturated rings. The maximum atomic E-state index is 3.77. The summed E-state index contributed by atoms with van der Waals surface area (Å²) in [4.78, 5) is 0. The largest absolute Gasteiger partial charge is 0.313 e. The second-order valence-corrected chi connectivity index (χ2v) is 6.16. The van der Waals surface area contributed by atoms with Crippen molar-refractivity contribution in [2.45, 2.75) is 32.2 Å². The SMILES string of the molecule is C=CCCCCCNCc1ccc2ccc3ccccc3c2c1. The molecule has 0 radical (unpaired) electrons. The first-order valence-electron chi connectivity index (χ1n) is 8.60. The third-order valence-corrected chi connectivity index (χ3v) is 4.40. The van der Waals surface area contributed by atoms with E-state index in [1.807, 2.05) is 6.08 Å². The minimum atomic E-state index is 0.945. The normalized spacial score (nSPS) is 11.1. The maximum Gasteiger partial charge on any atom is 0.0205 e. The van der Waals surface area contributed by atoms with Gasteiger partial charge in [-0.2, -0.15) is 0 Å². The molecule has 0 atom stereocenters. The molecule has 3 aromatic carbocycles. The van der Waals surface area contributed by atoms with Gasteiger partial charge in [-0.05, 0) is 59.0 Å². The molecule has 118 valence electrons. The lowest BCUT2D eigenvalue weighted by Gasteiger charge is -2.08. The minimum Gasteiger partial charge on any atom is -0.313 e. The third kappa shape index (κ3) is 4.00. The Bertz CT molecular complexity index is 788. The number of unbranched alkanes of at least 4 members (excludes halogenated alkanes) is 3. The van der Waals surface area contributed by atoms with Crippen molar-refractivity contribution in [3.05, 3.63) is 72.8 Å². The van der Waals surface area contributed by atoms with Crippen LogP contribution in [0, 0.1) is 0 Å². The van der Waals surface area contributed by atoms with Crippen molar-refractivity contribution in [3.63, 3.8) is 0 Å². The summed E-state index contributed by atoms with van der Waals surface area (Å²) in [6.45, 7) is 5.80. The van der Waals surface area contributed by atoms with Crippen molar-refractivity contribution >= 4 is 21.5 Å². The number of fused-ring (bicyclic) bond motifs is 3. The smallest absolute Gasteiger partial charge is 0.0205 e. The van der Waals surface area contributed by atoms with Gasteiger partial charge in [-0.1, -0.05) is 61.0 Å². The van der Waals surface area contributed by atoms with Gasteiger partial charge in [0.05, 0.1) is 0 Å². The summed E-state index contributed by atoms with van der Waals surface area (Å²) in [6, 6.07) is 19.9. The van der Waals surface area contributed by atoms with E-state index in [1.165, 1.54) is 46.4 Å². The Kier molecular flexibility index (Phi) is 5.44. The number of nitrogens with one attached hydrogen (secondary N) is 1. The predicted molar refractivity (Wildman–Crippen MR) is 102 cm³/mol. The van der Waals surface area contributed by atoms with E-state index in [-0.39, 0.29) is 0 Å². The standard InChI is InChI=1S/C22H25N/c1-2-3-4-5-8-15-23-17-18-11-12-20-14-13-19-9-6-7-10-21(19)22(20)16-18/h2,6-7,9-14,16,23H,1,3-5,8,15,17H2. The van der Waals surface area contributed by atoms with Gasteiger partial charge in [-0.3, -0.25) is 0 Å². The molecule has 0 bridgehead atoms. The molecule has 1 heteroatoms. The number of benzene rings is 3. The van der Waals surface area contributed by atoms with Gasteiger partial charge in [0.1, 0.15) is 0 Å². The molecule has 0 heterocycles. The van der Waals surface area contributed by atoms with E-state index >= 15 is 0 Å². The molecular weight excluding hydrogens is 278 g/mol. The molecule has 0 aliphatic rings. The van der Waals surface area contributed by atoms with E-state index in [9.17, 15) is 0 Å². The monoisotopic (exact) mass is 303 g/mol. The van der Waals surface area contributed by atoms with Crippen molar-refractivity contribution in [2.24, 2.45) is 0 Å². The summed E-state index contributed by atoms with van der Waals surface area (Å²) >= 11 is 0. The summed E-state index contributed by atoms with van der Waals surface area (Å²) in [6.07, 6.45) is 6.92. The maximum absolute atomic E-state index is 3.77. The van der Waals surface area contributed by atoms with Gasteiger partial charge >= 0.3 is 0 Å². The highest BCUT2D eigenvalue weighted by atomic mass is 14.8.